The van der Waals surface area contributed by atoms with E-state index in [2.05, 4.69) is 40.7 Å². The summed E-state index contributed by atoms with van der Waals surface area (Å²) in [6, 6.07) is 7.02. The van der Waals surface area contributed by atoms with Crippen LogP contribution in [0.25, 0.3) is 0 Å². The zero-order chi connectivity index (χ0) is 27.3. The van der Waals surface area contributed by atoms with Gasteiger partial charge in [-0.1, -0.05) is 83.2 Å². The van der Waals surface area contributed by atoms with Gasteiger partial charge in [-0.15, -0.1) is 0 Å². The topological polar surface area (TPSA) is 43.4 Å². The molecule has 0 spiro atoms. The van der Waals surface area contributed by atoms with Crippen LogP contribution in [0.4, 0.5) is 0 Å². The summed E-state index contributed by atoms with van der Waals surface area (Å²) in [5.41, 5.74) is 3.24. The molecule has 4 aliphatic rings. The van der Waals surface area contributed by atoms with E-state index in [1.54, 1.807) is 12.1 Å². The van der Waals surface area contributed by atoms with Crippen molar-refractivity contribution >= 4 is 10.1 Å². The summed E-state index contributed by atoms with van der Waals surface area (Å²) >= 11 is 0. The molecule has 0 unspecified atom stereocenters. The van der Waals surface area contributed by atoms with Crippen LogP contribution >= 0.6 is 0 Å². The Morgan fingerprint density at radius 1 is 0.947 bits per heavy atom. The molecule has 0 radical (unpaired) electrons. The molecule has 3 nitrogen and oxygen atoms in total. The predicted molar refractivity (Wildman–Crippen MR) is 156 cm³/mol. The molecular formula is C34H52O3S. The lowest BCUT2D eigenvalue weighted by Crippen LogP contribution is -2.51. The molecule has 1 aromatic carbocycles. The minimum absolute atomic E-state index is 0.207. The van der Waals surface area contributed by atoms with Crippen molar-refractivity contribution < 1.29 is 12.6 Å². The van der Waals surface area contributed by atoms with Crippen LogP contribution in [-0.4, -0.2) is 14.5 Å². The molecule has 4 aliphatic carbocycles. The lowest BCUT2D eigenvalue weighted by Gasteiger charge is -2.58. The predicted octanol–water partition coefficient (Wildman–Crippen LogP) is 9.11. The van der Waals surface area contributed by atoms with Crippen LogP contribution < -0.4 is 0 Å². The first-order chi connectivity index (χ1) is 17.9. The zero-order valence-corrected chi connectivity index (χ0v) is 25.7. The van der Waals surface area contributed by atoms with Gasteiger partial charge in [-0.2, -0.15) is 8.42 Å². The molecule has 212 valence electrons. The van der Waals surface area contributed by atoms with Gasteiger partial charge < -0.3 is 0 Å². The van der Waals surface area contributed by atoms with Gasteiger partial charge in [0.25, 0.3) is 10.1 Å². The van der Waals surface area contributed by atoms with Gasteiger partial charge in [-0.25, -0.2) is 0 Å². The average Bonchev–Trinajstić information content (AvgIpc) is 3.21. The van der Waals surface area contributed by atoms with Crippen LogP contribution in [0, 0.1) is 53.3 Å². The van der Waals surface area contributed by atoms with Gasteiger partial charge in [0.1, 0.15) is 0 Å². The van der Waals surface area contributed by atoms with Crippen LogP contribution in [-0.2, 0) is 14.3 Å². The van der Waals surface area contributed by atoms with Crippen LogP contribution in [0.1, 0.15) is 111 Å². The van der Waals surface area contributed by atoms with Gasteiger partial charge in [-0.05, 0) is 117 Å². The van der Waals surface area contributed by atoms with E-state index in [1.807, 2.05) is 19.1 Å². The molecule has 4 heteroatoms. The first kappa shape index (κ1) is 28.4. The smallest absolute Gasteiger partial charge is 0.263 e. The second kappa shape index (κ2) is 10.7. The summed E-state index contributed by atoms with van der Waals surface area (Å²) in [7, 11) is -3.73. The standard InChI is InChI=1S/C34H52O3S/c1-23(2)8-7-9-25(4)30-16-17-31-29-15-12-26-22-27(37-38(35,36)28-13-10-24(3)11-14-28)18-20-33(26,5)32(29)19-21-34(30,31)6/h10-14,23,25,27,29-32H,7-9,15-22H2,1-6H3/t25-,27-,29+,30-,31+,32+,33+,34-/m1/s1. The Morgan fingerprint density at radius 2 is 1.68 bits per heavy atom. The highest BCUT2D eigenvalue weighted by molar-refractivity contribution is 7.86. The Morgan fingerprint density at radius 3 is 2.39 bits per heavy atom. The van der Waals surface area contributed by atoms with Crippen molar-refractivity contribution in [3.05, 3.63) is 41.5 Å². The molecular weight excluding hydrogens is 488 g/mol. The van der Waals surface area contributed by atoms with Crippen LogP contribution in [0.15, 0.2) is 40.8 Å². The Kier molecular flexibility index (Phi) is 7.99. The van der Waals surface area contributed by atoms with Crippen molar-refractivity contribution in [2.45, 2.75) is 123 Å². The molecule has 0 N–H and O–H groups in total. The number of fused-ring (bicyclic) bond motifs is 5. The molecule has 8 atom stereocenters. The molecule has 38 heavy (non-hydrogen) atoms. The average molecular weight is 541 g/mol. The zero-order valence-electron chi connectivity index (χ0n) is 24.8. The number of aryl methyl sites for hydroxylation is 1. The fourth-order valence-electron chi connectivity index (χ4n) is 9.67. The highest BCUT2D eigenvalue weighted by Gasteiger charge is 2.59. The third-order valence-electron chi connectivity index (χ3n) is 11.8. The maximum absolute atomic E-state index is 13.0. The van der Waals surface area contributed by atoms with E-state index in [-0.39, 0.29) is 16.4 Å². The largest absolute Gasteiger partial charge is 0.297 e. The third-order valence-corrected chi connectivity index (χ3v) is 13.2. The van der Waals surface area contributed by atoms with Gasteiger partial charge >= 0.3 is 0 Å². The lowest BCUT2D eigenvalue weighted by molar-refractivity contribution is -0.0556. The SMILES string of the molecule is Cc1ccc(S(=O)(=O)O[C@@H]2CC[C@@]3(C)C(=CC[C@H]4[C@@H]5CC[C@H]([C@H](C)CCCC(C)C)[C@@]5(C)CC[C@@H]43)C2)cc1. The van der Waals surface area contributed by atoms with Crippen molar-refractivity contribution in [3.63, 3.8) is 0 Å². The molecule has 0 bridgehead atoms. The number of rotatable bonds is 8. The van der Waals surface area contributed by atoms with Crippen molar-refractivity contribution in [2.75, 3.05) is 0 Å². The highest BCUT2D eigenvalue weighted by atomic mass is 32.2. The number of hydrogen-bond acceptors (Lipinski definition) is 3. The van der Waals surface area contributed by atoms with Crippen molar-refractivity contribution in [1.29, 1.82) is 0 Å². The molecule has 0 heterocycles. The summed E-state index contributed by atoms with van der Waals surface area (Å²) in [4.78, 5) is 0.273. The van der Waals surface area contributed by atoms with Crippen LogP contribution in [0.5, 0.6) is 0 Å². The van der Waals surface area contributed by atoms with Gasteiger partial charge in [0.05, 0.1) is 11.0 Å². The van der Waals surface area contributed by atoms with Crippen molar-refractivity contribution in [2.24, 2.45) is 46.3 Å². The Labute approximate surface area is 233 Å². The first-order valence-corrected chi connectivity index (χ1v) is 17.0. The Bertz CT molecular complexity index is 1120. The fourth-order valence-corrected chi connectivity index (χ4v) is 10.8. The van der Waals surface area contributed by atoms with Gasteiger partial charge in [-0.3, -0.25) is 4.18 Å². The maximum Gasteiger partial charge on any atom is 0.297 e. The first-order valence-electron chi connectivity index (χ1n) is 15.6. The molecule has 3 saturated carbocycles. The molecule has 0 amide bonds. The molecule has 3 fully saturated rings. The fraction of sp³-hybridized carbons (Fsp3) is 0.765. The minimum Gasteiger partial charge on any atom is -0.263 e. The summed E-state index contributed by atoms with van der Waals surface area (Å²) in [6.07, 6.45) is 15.8. The molecule has 1 aromatic rings. The number of allylic oxidation sites excluding steroid dienone is 1. The van der Waals surface area contributed by atoms with Crippen molar-refractivity contribution in [3.8, 4) is 0 Å². The van der Waals surface area contributed by atoms with E-state index >= 15 is 0 Å². The van der Waals surface area contributed by atoms with Gasteiger partial charge in [0.2, 0.25) is 0 Å². The third kappa shape index (κ3) is 5.18. The molecule has 5 rings (SSSR count). The van der Waals surface area contributed by atoms with Crippen LogP contribution in [0.2, 0.25) is 0 Å². The van der Waals surface area contributed by atoms with Crippen molar-refractivity contribution in [1.82, 2.24) is 0 Å². The van der Waals surface area contributed by atoms with E-state index in [0.717, 1.165) is 60.3 Å². The van der Waals surface area contributed by atoms with E-state index in [4.69, 9.17) is 4.18 Å². The van der Waals surface area contributed by atoms with E-state index < -0.39 is 10.1 Å². The lowest BCUT2D eigenvalue weighted by atomic mass is 9.47. The van der Waals surface area contributed by atoms with E-state index in [0.29, 0.717) is 5.41 Å². The van der Waals surface area contributed by atoms with Gasteiger partial charge in [0, 0.05) is 0 Å². The Balaban J connectivity index is 1.27. The maximum atomic E-state index is 13.0. The summed E-state index contributed by atoms with van der Waals surface area (Å²) < 4.78 is 31.8. The molecule has 0 saturated heterocycles. The molecule has 0 aromatic heterocycles. The normalized spacial score (nSPS) is 37.8. The number of hydrogen-bond donors (Lipinski definition) is 0. The second-order valence-corrected chi connectivity index (χ2v) is 16.1. The quantitative estimate of drug-likeness (QED) is 0.244. The monoisotopic (exact) mass is 540 g/mol. The summed E-state index contributed by atoms with van der Waals surface area (Å²) in [5, 5.41) is 0. The van der Waals surface area contributed by atoms with E-state index in [9.17, 15) is 8.42 Å². The molecule has 0 aliphatic heterocycles. The minimum atomic E-state index is -3.73. The van der Waals surface area contributed by atoms with Gasteiger partial charge in [0.15, 0.2) is 0 Å². The second-order valence-electron chi connectivity index (χ2n) is 14.5. The Hall–Kier alpha value is -1.13. The van der Waals surface area contributed by atoms with Crippen LogP contribution in [0.3, 0.4) is 0 Å². The summed E-state index contributed by atoms with van der Waals surface area (Å²) in [6.45, 7) is 14.4. The highest BCUT2D eigenvalue weighted by Crippen LogP contribution is 2.67. The number of benzene rings is 1. The summed E-state index contributed by atoms with van der Waals surface area (Å²) in [5.74, 6) is 4.93. The van der Waals surface area contributed by atoms with E-state index in [1.165, 1.54) is 56.9 Å².